The Labute approximate surface area is 383 Å². The molecule has 15 heteroatoms. The Hall–Kier alpha value is -3.05. The van der Waals surface area contributed by atoms with E-state index in [1.54, 1.807) is 19.1 Å². The zero-order valence-corrected chi connectivity index (χ0v) is 40.0. The number of carboxylic acids is 1. The molecule has 0 aromatic heterocycles. The summed E-state index contributed by atoms with van der Waals surface area (Å²) in [5.41, 5.74) is -3.61. The number of benzene rings is 1. The third-order valence-corrected chi connectivity index (χ3v) is 17.2. The fourth-order valence-corrected chi connectivity index (χ4v) is 12.7. The average molecular weight is 917 g/mol. The molecule has 1 aromatic carbocycles. The lowest BCUT2D eigenvalue weighted by molar-refractivity contribution is -0.397. The van der Waals surface area contributed by atoms with Gasteiger partial charge in [-0.3, -0.25) is 9.59 Å². The number of aliphatic hydroxyl groups is 2. The van der Waals surface area contributed by atoms with Gasteiger partial charge in [-0.15, -0.1) is 0 Å². The number of carbonyl (C=O) groups is 3. The molecule has 4 saturated heterocycles. The number of hydrogen-bond acceptors (Lipinski definition) is 10. The minimum absolute atomic E-state index is 0.0698. The highest BCUT2D eigenvalue weighted by Crippen LogP contribution is 2.68. The summed E-state index contributed by atoms with van der Waals surface area (Å²) < 4.78 is 63.0. The lowest BCUT2D eigenvalue weighted by Gasteiger charge is -2.55. The molecule has 18 atom stereocenters. The van der Waals surface area contributed by atoms with Gasteiger partial charge in [0.15, 0.2) is 11.6 Å². The highest BCUT2D eigenvalue weighted by molar-refractivity contribution is 5.89. The lowest BCUT2D eigenvalue weighted by Crippen LogP contribution is -2.66. The molecule has 5 aliphatic heterocycles. The Balaban J connectivity index is 1.14. The molecular weight excluding hydrogens is 843 g/mol. The van der Waals surface area contributed by atoms with Gasteiger partial charge in [0.1, 0.15) is 23.5 Å². The number of hydrogen-bond donors (Lipinski definition) is 5. The molecule has 65 heavy (non-hydrogen) atoms. The lowest BCUT2D eigenvalue weighted by atomic mass is 9.72. The Bertz CT molecular complexity index is 1990. The summed E-state index contributed by atoms with van der Waals surface area (Å²) >= 11 is 0. The van der Waals surface area contributed by atoms with Crippen LogP contribution in [0.15, 0.2) is 30.4 Å². The van der Waals surface area contributed by atoms with Gasteiger partial charge >= 0.3 is 12.0 Å². The molecule has 5 N–H and O–H groups in total. The maximum Gasteiger partial charge on any atom is 0.319 e. The predicted octanol–water partition coefficient (Wildman–Crippen LogP) is 8.44. The number of aliphatic carboxylic acids is 1. The standard InChI is InChI=1S/C50H74F2N2O11/c1-11-33(43(57)58)37-17-14-28(5)48(62-37)26-45(48,9)42(56)30(7)40(55)34(12-2)41-27(4)24-29(6)49(63-41)21-18-38(54-44(59)53-36-16-15-32(51)25-35(36)52)50(65-49)23-22-46(10,64-50)39-19-20-47(60,13-3)31(8)61-39/h15-16,18,21,25,27-31,33-34,37-39,41-42,56,60H,11-14,17,19-20,22-24,26H2,1-10H3,(H,57,58)(H2,53,54,59)/t27-,28-,29+,30+,31-,33+,34-,37+,38?,39+,41-,42+,45?,46-,47+,48+,49-,50-/m0/s1. The Morgan fingerprint density at radius 3 is 2.26 bits per heavy atom. The highest BCUT2D eigenvalue weighted by Gasteiger charge is 2.74. The smallest absolute Gasteiger partial charge is 0.319 e. The van der Waals surface area contributed by atoms with E-state index in [9.17, 15) is 38.5 Å². The van der Waals surface area contributed by atoms with E-state index >= 15 is 0 Å². The molecule has 1 saturated carbocycles. The molecule has 2 amide bonds. The minimum atomic E-state index is -1.53. The maximum atomic E-state index is 14.8. The van der Waals surface area contributed by atoms with Crippen LogP contribution in [-0.4, -0.2) is 98.0 Å². The van der Waals surface area contributed by atoms with Crippen molar-refractivity contribution in [3.63, 3.8) is 0 Å². The van der Waals surface area contributed by atoms with E-state index in [1.165, 1.54) is 0 Å². The van der Waals surface area contributed by atoms with E-state index in [0.717, 1.165) is 18.6 Å². The first-order chi connectivity index (χ1) is 30.5. The van der Waals surface area contributed by atoms with Crippen LogP contribution in [0.1, 0.15) is 140 Å². The van der Waals surface area contributed by atoms with E-state index < -0.39 is 112 Å². The quantitative estimate of drug-likeness (QED) is 0.120. The summed E-state index contributed by atoms with van der Waals surface area (Å²) in [4.78, 5) is 40.6. The molecule has 5 heterocycles. The van der Waals surface area contributed by atoms with Crippen LogP contribution in [0.5, 0.6) is 0 Å². The van der Waals surface area contributed by atoms with Crippen LogP contribution in [0.4, 0.5) is 19.3 Å². The van der Waals surface area contributed by atoms with E-state index in [1.807, 2.05) is 48.5 Å². The molecule has 364 valence electrons. The molecule has 7 rings (SSSR count). The summed E-state index contributed by atoms with van der Waals surface area (Å²) in [6.45, 7) is 19.4. The van der Waals surface area contributed by atoms with Gasteiger partial charge < -0.3 is 49.6 Å². The van der Waals surface area contributed by atoms with Gasteiger partial charge in [-0.1, -0.05) is 61.5 Å². The number of amides is 2. The van der Waals surface area contributed by atoms with Gasteiger partial charge in [0.05, 0.1) is 58.9 Å². The first kappa shape index (κ1) is 49.8. The van der Waals surface area contributed by atoms with Crippen molar-refractivity contribution in [1.29, 1.82) is 0 Å². The number of nitrogens with one attached hydrogen (secondary N) is 2. The van der Waals surface area contributed by atoms with Crippen LogP contribution >= 0.6 is 0 Å². The van der Waals surface area contributed by atoms with Gasteiger partial charge in [-0.05, 0) is 108 Å². The monoisotopic (exact) mass is 917 g/mol. The van der Waals surface area contributed by atoms with Crippen LogP contribution < -0.4 is 10.6 Å². The molecule has 2 unspecified atom stereocenters. The number of rotatable bonds is 13. The largest absolute Gasteiger partial charge is 0.481 e. The highest BCUT2D eigenvalue weighted by atomic mass is 19.1. The fourth-order valence-electron chi connectivity index (χ4n) is 12.7. The number of ether oxygens (including phenoxy) is 5. The van der Waals surface area contributed by atoms with Crippen LogP contribution in [0.3, 0.4) is 0 Å². The zero-order valence-electron chi connectivity index (χ0n) is 40.0. The Morgan fingerprint density at radius 2 is 1.63 bits per heavy atom. The van der Waals surface area contributed by atoms with Crippen LogP contribution in [0, 0.1) is 52.6 Å². The van der Waals surface area contributed by atoms with Crippen molar-refractivity contribution in [2.24, 2.45) is 40.9 Å². The van der Waals surface area contributed by atoms with Gasteiger partial charge in [-0.2, -0.15) is 0 Å². The van der Waals surface area contributed by atoms with Crippen molar-refractivity contribution in [2.75, 3.05) is 5.32 Å². The number of urea groups is 1. The second kappa shape index (κ2) is 18.1. The molecule has 3 spiro atoms. The third kappa shape index (κ3) is 8.71. The molecule has 0 radical (unpaired) electrons. The number of Topliss-reactive ketones (excluding diaryl/α,β-unsaturated/α-hetero) is 1. The van der Waals surface area contributed by atoms with Gasteiger partial charge in [-0.25, -0.2) is 13.6 Å². The second-order valence-corrected chi connectivity index (χ2v) is 21.2. The van der Waals surface area contributed by atoms with Crippen molar-refractivity contribution in [3.8, 4) is 0 Å². The molecule has 1 aliphatic carbocycles. The van der Waals surface area contributed by atoms with Crippen molar-refractivity contribution >= 4 is 23.5 Å². The fraction of sp³-hybridized carbons (Fsp3) is 0.780. The summed E-state index contributed by atoms with van der Waals surface area (Å²) in [7, 11) is 0. The SMILES string of the molecule is CC[C@@H](C(=O)[C@@H](C)[C@@H](O)C1(C)C[C@]12O[C@@H]([C@@H](CC)C(=O)O)CC[C@@H]2C)[C@H]1O[C@]2(C=CC(NC(=O)Nc3ccc(F)cc3F)[C@]3(CC[C@@](C)([C@H]4CC[C@](O)(CC)[C@H](C)O4)O3)O2)[C@H](C)C[C@@H]1C. The molecule has 6 aliphatic rings. The molecule has 1 aromatic rings. The minimum Gasteiger partial charge on any atom is -0.481 e. The third-order valence-electron chi connectivity index (χ3n) is 17.2. The van der Waals surface area contributed by atoms with E-state index in [0.29, 0.717) is 70.3 Å². The number of aliphatic hydroxyl groups excluding tert-OH is 1. The van der Waals surface area contributed by atoms with Crippen molar-refractivity contribution in [3.05, 3.63) is 42.0 Å². The molecule has 0 bridgehead atoms. The normalized spacial score (nSPS) is 43.2. The summed E-state index contributed by atoms with van der Waals surface area (Å²) in [5, 5.41) is 38.7. The summed E-state index contributed by atoms with van der Waals surface area (Å²) in [6.07, 6.45) is 6.22. The van der Waals surface area contributed by atoms with Gasteiger partial charge in [0.2, 0.25) is 0 Å². The zero-order chi connectivity index (χ0) is 47.7. The summed E-state index contributed by atoms with van der Waals surface area (Å²) in [5.74, 6) is -8.02. The molecular formula is C50H74F2N2O11. The topological polar surface area (TPSA) is 182 Å². The van der Waals surface area contributed by atoms with Crippen molar-refractivity contribution < 1.29 is 62.2 Å². The summed E-state index contributed by atoms with van der Waals surface area (Å²) in [6, 6.07) is 1.18. The van der Waals surface area contributed by atoms with Crippen molar-refractivity contribution in [1.82, 2.24) is 5.32 Å². The van der Waals surface area contributed by atoms with Gasteiger partial charge in [0, 0.05) is 35.7 Å². The number of ketones is 1. The Kier molecular flexibility index (Phi) is 13.9. The number of anilines is 1. The van der Waals surface area contributed by atoms with E-state index in [2.05, 4.69) is 24.5 Å². The maximum absolute atomic E-state index is 14.8. The average Bonchev–Trinajstić information content (AvgIpc) is 3.71. The molecule has 13 nitrogen and oxygen atoms in total. The Morgan fingerprint density at radius 1 is 0.923 bits per heavy atom. The van der Waals surface area contributed by atoms with Crippen LogP contribution in [0.25, 0.3) is 0 Å². The van der Waals surface area contributed by atoms with Crippen LogP contribution in [-0.2, 0) is 33.3 Å². The first-order valence-electron chi connectivity index (χ1n) is 24.3. The van der Waals surface area contributed by atoms with Crippen LogP contribution in [0.2, 0.25) is 0 Å². The van der Waals surface area contributed by atoms with Crippen molar-refractivity contribution in [2.45, 2.75) is 205 Å². The number of halogens is 2. The first-order valence-corrected chi connectivity index (χ1v) is 24.3. The number of carbonyl (C=O) groups excluding carboxylic acids is 2. The predicted molar refractivity (Wildman–Crippen MR) is 237 cm³/mol. The number of carboxylic acid groups (broad SMARTS) is 1. The van der Waals surface area contributed by atoms with E-state index in [-0.39, 0.29) is 29.2 Å². The second-order valence-electron chi connectivity index (χ2n) is 21.2. The molecule has 5 fully saturated rings. The van der Waals surface area contributed by atoms with Gasteiger partial charge in [0.25, 0.3) is 0 Å². The van der Waals surface area contributed by atoms with E-state index in [4.69, 9.17) is 23.7 Å².